The second kappa shape index (κ2) is 9.75. The highest BCUT2D eigenvalue weighted by atomic mass is 16.2. The van der Waals surface area contributed by atoms with E-state index in [0.717, 1.165) is 18.4 Å². The van der Waals surface area contributed by atoms with Crippen LogP contribution in [0.2, 0.25) is 0 Å². The number of hydrogen-bond donors (Lipinski definition) is 1. The number of fused-ring (bicyclic) bond motifs is 1. The molecule has 1 heterocycles. The van der Waals surface area contributed by atoms with Gasteiger partial charge in [-0.15, -0.1) is 0 Å². The Bertz CT molecular complexity index is 612. The molecule has 0 fully saturated rings. The maximum atomic E-state index is 12.9. The highest BCUT2D eigenvalue weighted by Gasteiger charge is 2.34. The van der Waals surface area contributed by atoms with Crippen molar-refractivity contribution in [3.8, 4) is 0 Å². The summed E-state index contributed by atoms with van der Waals surface area (Å²) >= 11 is 0. The third kappa shape index (κ3) is 5.58. The summed E-state index contributed by atoms with van der Waals surface area (Å²) in [6, 6.07) is 7.89. The molecule has 4 nitrogen and oxygen atoms in total. The molecule has 26 heavy (non-hydrogen) atoms. The van der Waals surface area contributed by atoms with Gasteiger partial charge in [0.15, 0.2) is 0 Å². The van der Waals surface area contributed by atoms with Gasteiger partial charge in [-0.1, -0.05) is 64.3 Å². The van der Waals surface area contributed by atoms with Crippen molar-refractivity contribution in [3.05, 3.63) is 35.4 Å². The summed E-state index contributed by atoms with van der Waals surface area (Å²) in [5.74, 6) is 0.352. The van der Waals surface area contributed by atoms with Crippen LogP contribution >= 0.6 is 0 Å². The second-order valence-corrected chi connectivity index (χ2v) is 8.01. The average molecular weight is 359 g/mol. The standard InChI is InChI=1S/C22H34N2O2/c1-5-6-7-10-17(4)23-22(26)20-14-18-11-8-9-12-19(18)15-24(20)21(25)13-16(2)3/h8-9,11-12,16-17,20H,5-7,10,13-15H2,1-4H3,(H,23,26). The van der Waals surface area contributed by atoms with Gasteiger partial charge in [-0.05, 0) is 30.4 Å². The molecule has 0 saturated heterocycles. The van der Waals surface area contributed by atoms with Gasteiger partial charge in [-0.2, -0.15) is 0 Å². The molecule has 0 aromatic heterocycles. The van der Waals surface area contributed by atoms with E-state index in [0.29, 0.717) is 19.4 Å². The highest BCUT2D eigenvalue weighted by Crippen LogP contribution is 2.25. The number of nitrogens with one attached hydrogen (secondary N) is 1. The summed E-state index contributed by atoms with van der Waals surface area (Å²) in [5.41, 5.74) is 2.34. The Hall–Kier alpha value is -1.84. The van der Waals surface area contributed by atoms with Gasteiger partial charge in [0, 0.05) is 25.4 Å². The molecule has 2 atom stereocenters. The Morgan fingerprint density at radius 3 is 2.50 bits per heavy atom. The number of benzene rings is 1. The van der Waals surface area contributed by atoms with E-state index in [4.69, 9.17) is 0 Å². The number of nitrogens with zero attached hydrogens (tertiary/aromatic N) is 1. The largest absolute Gasteiger partial charge is 0.352 e. The first kappa shape index (κ1) is 20.5. The lowest BCUT2D eigenvalue weighted by Gasteiger charge is -2.37. The smallest absolute Gasteiger partial charge is 0.243 e. The minimum atomic E-state index is -0.398. The van der Waals surface area contributed by atoms with E-state index in [9.17, 15) is 9.59 Å². The summed E-state index contributed by atoms with van der Waals surface area (Å²) in [7, 11) is 0. The maximum Gasteiger partial charge on any atom is 0.243 e. The fraction of sp³-hybridized carbons (Fsp3) is 0.636. The molecule has 1 aliphatic rings. The van der Waals surface area contributed by atoms with Crippen molar-refractivity contribution in [2.24, 2.45) is 5.92 Å². The Kier molecular flexibility index (Phi) is 7.67. The lowest BCUT2D eigenvalue weighted by Crippen LogP contribution is -2.54. The van der Waals surface area contributed by atoms with Crippen molar-refractivity contribution in [2.75, 3.05) is 0 Å². The maximum absolute atomic E-state index is 12.9. The van der Waals surface area contributed by atoms with Gasteiger partial charge in [0.05, 0.1) is 0 Å². The molecule has 2 amide bonds. The highest BCUT2D eigenvalue weighted by molar-refractivity contribution is 5.88. The van der Waals surface area contributed by atoms with Gasteiger partial charge in [0.2, 0.25) is 11.8 Å². The van der Waals surface area contributed by atoms with Crippen LogP contribution in [0.4, 0.5) is 0 Å². The van der Waals surface area contributed by atoms with Gasteiger partial charge in [-0.3, -0.25) is 9.59 Å². The number of carbonyl (C=O) groups excluding carboxylic acids is 2. The molecular formula is C22H34N2O2. The molecule has 0 radical (unpaired) electrons. The fourth-order valence-electron chi connectivity index (χ4n) is 3.60. The van der Waals surface area contributed by atoms with Crippen LogP contribution in [0.1, 0.15) is 70.9 Å². The minimum absolute atomic E-state index is 0.0133. The molecule has 1 aliphatic heterocycles. The lowest BCUT2D eigenvalue weighted by molar-refractivity contribution is -0.142. The zero-order valence-electron chi connectivity index (χ0n) is 16.8. The molecule has 0 aliphatic carbocycles. The number of rotatable bonds is 8. The van der Waals surface area contributed by atoms with E-state index < -0.39 is 6.04 Å². The SMILES string of the molecule is CCCCCC(C)NC(=O)C1Cc2ccccc2CN1C(=O)CC(C)C. The number of hydrogen-bond acceptors (Lipinski definition) is 2. The van der Waals surface area contributed by atoms with Gasteiger partial charge in [0.25, 0.3) is 0 Å². The van der Waals surface area contributed by atoms with Crippen LogP contribution in [0.5, 0.6) is 0 Å². The number of carbonyl (C=O) groups is 2. The zero-order chi connectivity index (χ0) is 19.1. The van der Waals surface area contributed by atoms with E-state index >= 15 is 0 Å². The predicted octanol–water partition coefficient (Wildman–Crippen LogP) is 4.07. The van der Waals surface area contributed by atoms with Crippen LogP contribution in [-0.4, -0.2) is 28.8 Å². The van der Waals surface area contributed by atoms with E-state index in [-0.39, 0.29) is 23.8 Å². The molecule has 2 rings (SSSR count). The molecule has 144 valence electrons. The van der Waals surface area contributed by atoms with Gasteiger partial charge in [0.1, 0.15) is 6.04 Å². The Morgan fingerprint density at radius 1 is 1.15 bits per heavy atom. The monoisotopic (exact) mass is 358 g/mol. The van der Waals surface area contributed by atoms with E-state index in [1.54, 1.807) is 4.90 Å². The normalized spacial score (nSPS) is 17.7. The summed E-state index contributed by atoms with van der Waals surface area (Å²) in [6.07, 6.45) is 5.57. The van der Waals surface area contributed by atoms with E-state index in [1.807, 2.05) is 26.0 Å². The van der Waals surface area contributed by atoms with Crippen LogP contribution in [0.15, 0.2) is 24.3 Å². The lowest BCUT2D eigenvalue weighted by atomic mass is 9.92. The van der Waals surface area contributed by atoms with Crippen LogP contribution in [0.3, 0.4) is 0 Å². The third-order valence-corrected chi connectivity index (χ3v) is 5.08. The Balaban J connectivity index is 2.10. The van der Waals surface area contributed by atoms with Gasteiger partial charge >= 0.3 is 0 Å². The van der Waals surface area contributed by atoms with E-state index in [1.165, 1.54) is 18.4 Å². The second-order valence-electron chi connectivity index (χ2n) is 8.01. The van der Waals surface area contributed by atoms with Crippen molar-refractivity contribution in [1.82, 2.24) is 10.2 Å². The third-order valence-electron chi connectivity index (χ3n) is 5.08. The van der Waals surface area contributed by atoms with Gasteiger partial charge in [-0.25, -0.2) is 0 Å². The number of unbranched alkanes of at least 4 members (excludes halogenated alkanes) is 2. The molecule has 0 spiro atoms. The Labute approximate surface area is 158 Å². The topological polar surface area (TPSA) is 49.4 Å². The summed E-state index contributed by atoms with van der Waals surface area (Å²) in [6.45, 7) is 8.86. The quantitative estimate of drug-likeness (QED) is 0.712. The summed E-state index contributed by atoms with van der Waals surface area (Å²) < 4.78 is 0. The van der Waals surface area contributed by atoms with Crippen molar-refractivity contribution in [2.45, 2.75) is 84.8 Å². The zero-order valence-corrected chi connectivity index (χ0v) is 16.8. The van der Waals surface area contributed by atoms with Crippen LogP contribution < -0.4 is 5.32 Å². The van der Waals surface area contributed by atoms with Crippen LogP contribution in [0.25, 0.3) is 0 Å². The minimum Gasteiger partial charge on any atom is -0.352 e. The van der Waals surface area contributed by atoms with Gasteiger partial charge < -0.3 is 10.2 Å². The van der Waals surface area contributed by atoms with Crippen molar-refractivity contribution < 1.29 is 9.59 Å². The Morgan fingerprint density at radius 2 is 1.85 bits per heavy atom. The average Bonchev–Trinajstić information content (AvgIpc) is 2.60. The molecule has 2 unspecified atom stereocenters. The fourth-order valence-corrected chi connectivity index (χ4v) is 3.60. The first-order chi connectivity index (χ1) is 12.4. The molecule has 0 saturated carbocycles. The van der Waals surface area contributed by atoms with Crippen molar-refractivity contribution in [1.29, 1.82) is 0 Å². The number of amides is 2. The van der Waals surface area contributed by atoms with Crippen LogP contribution in [-0.2, 0) is 22.6 Å². The predicted molar refractivity (Wildman–Crippen MR) is 106 cm³/mol. The van der Waals surface area contributed by atoms with Crippen molar-refractivity contribution >= 4 is 11.8 Å². The molecule has 4 heteroatoms. The molecule has 1 aromatic carbocycles. The molecule has 1 aromatic rings. The molecule has 1 N–H and O–H groups in total. The van der Waals surface area contributed by atoms with E-state index in [2.05, 4.69) is 31.3 Å². The molecule has 0 bridgehead atoms. The van der Waals surface area contributed by atoms with Crippen LogP contribution in [0, 0.1) is 5.92 Å². The van der Waals surface area contributed by atoms with Crippen molar-refractivity contribution in [3.63, 3.8) is 0 Å². The first-order valence-electron chi connectivity index (χ1n) is 10.1. The summed E-state index contributed by atoms with van der Waals surface area (Å²) in [5, 5.41) is 3.14. The first-order valence-corrected chi connectivity index (χ1v) is 10.1. The molecular weight excluding hydrogens is 324 g/mol. The summed E-state index contributed by atoms with van der Waals surface area (Å²) in [4.78, 5) is 27.5.